The van der Waals surface area contributed by atoms with E-state index in [1.54, 1.807) is 25.3 Å². The highest BCUT2D eigenvalue weighted by atomic mass is 16.5. The van der Waals surface area contributed by atoms with Gasteiger partial charge >= 0.3 is 0 Å². The fraction of sp³-hybridized carbons (Fsp3) is 0.0556. The number of nitrogens with zero attached hydrogens (tertiary/aromatic N) is 4. The van der Waals surface area contributed by atoms with Crippen LogP contribution in [0.25, 0.3) is 10.9 Å². The third-order valence-electron chi connectivity index (χ3n) is 3.64. The Kier molecular flexibility index (Phi) is 3.98. The fourth-order valence-corrected chi connectivity index (χ4v) is 2.48. The van der Waals surface area contributed by atoms with Crippen molar-refractivity contribution in [1.82, 2.24) is 20.1 Å². The zero-order valence-electron chi connectivity index (χ0n) is 13.8. The lowest BCUT2D eigenvalue weighted by atomic mass is 10.2. The van der Waals surface area contributed by atoms with Gasteiger partial charge in [0.2, 0.25) is 5.95 Å². The molecule has 128 valence electrons. The molecule has 0 radical (unpaired) electrons. The van der Waals surface area contributed by atoms with Crippen molar-refractivity contribution >= 4 is 34.3 Å². The molecule has 0 spiro atoms. The minimum absolute atomic E-state index is 0.218. The predicted octanol–water partition coefficient (Wildman–Crippen LogP) is 3.32. The molecule has 0 saturated heterocycles. The number of hydrogen-bond acceptors (Lipinski definition) is 7. The molecule has 0 aliphatic heterocycles. The van der Waals surface area contributed by atoms with Gasteiger partial charge in [0.05, 0.1) is 11.2 Å². The van der Waals surface area contributed by atoms with E-state index in [0.29, 0.717) is 22.8 Å². The number of fused-ring (bicyclic) bond motifs is 1. The Balaban J connectivity index is 1.57. The number of rotatable bonds is 4. The van der Waals surface area contributed by atoms with Crippen LogP contribution in [0.5, 0.6) is 0 Å². The maximum absolute atomic E-state index is 12.6. The van der Waals surface area contributed by atoms with Gasteiger partial charge in [-0.05, 0) is 25.1 Å². The van der Waals surface area contributed by atoms with Gasteiger partial charge in [-0.15, -0.1) is 0 Å². The second kappa shape index (κ2) is 6.60. The maximum Gasteiger partial charge on any atom is 0.274 e. The molecule has 4 rings (SSSR count). The number of carbonyl (C=O) groups excluding carboxylic acids is 1. The average Bonchev–Trinajstić information content (AvgIpc) is 3.07. The first-order chi connectivity index (χ1) is 12.7. The molecule has 3 aromatic heterocycles. The Morgan fingerprint density at radius 2 is 1.96 bits per heavy atom. The number of aromatic nitrogens is 4. The zero-order chi connectivity index (χ0) is 17.9. The Hall–Kier alpha value is -3.81. The molecule has 0 unspecified atom stereocenters. The number of aryl methyl sites for hydroxylation is 1. The van der Waals surface area contributed by atoms with E-state index in [9.17, 15) is 4.79 Å². The van der Waals surface area contributed by atoms with Crippen molar-refractivity contribution in [2.24, 2.45) is 0 Å². The van der Waals surface area contributed by atoms with Gasteiger partial charge in [0.1, 0.15) is 11.5 Å². The first kappa shape index (κ1) is 15.7. The van der Waals surface area contributed by atoms with Crippen molar-refractivity contribution in [3.05, 3.63) is 66.3 Å². The van der Waals surface area contributed by atoms with Crippen molar-refractivity contribution in [3.8, 4) is 0 Å². The van der Waals surface area contributed by atoms with Crippen molar-refractivity contribution in [1.29, 1.82) is 0 Å². The lowest BCUT2D eigenvalue weighted by molar-refractivity contribution is 0.102. The molecule has 8 heteroatoms. The molecule has 0 fully saturated rings. The predicted molar refractivity (Wildman–Crippen MR) is 96.3 cm³/mol. The largest absolute Gasteiger partial charge is 0.360 e. The van der Waals surface area contributed by atoms with Gasteiger partial charge in [0, 0.05) is 23.8 Å². The minimum Gasteiger partial charge on any atom is -0.360 e. The van der Waals surface area contributed by atoms with Crippen LogP contribution >= 0.6 is 0 Å². The number of carbonyl (C=O) groups is 1. The maximum atomic E-state index is 12.6. The van der Waals surface area contributed by atoms with Gasteiger partial charge in [-0.2, -0.15) is 0 Å². The zero-order valence-corrected chi connectivity index (χ0v) is 13.8. The van der Waals surface area contributed by atoms with E-state index in [4.69, 9.17) is 4.52 Å². The Bertz CT molecular complexity index is 1090. The summed E-state index contributed by atoms with van der Waals surface area (Å²) in [5, 5.41) is 10.5. The highest BCUT2D eigenvalue weighted by Gasteiger charge is 2.12. The highest BCUT2D eigenvalue weighted by molar-refractivity contribution is 6.07. The molecule has 0 aliphatic rings. The summed E-state index contributed by atoms with van der Waals surface area (Å²) in [6, 6.07) is 12.6. The second-order valence-electron chi connectivity index (χ2n) is 5.55. The van der Waals surface area contributed by atoms with Crippen LogP contribution in [0.4, 0.5) is 17.5 Å². The summed E-state index contributed by atoms with van der Waals surface area (Å²) in [4.78, 5) is 25.2. The van der Waals surface area contributed by atoms with Crippen molar-refractivity contribution in [2.75, 3.05) is 10.6 Å². The normalized spacial score (nSPS) is 10.7. The summed E-state index contributed by atoms with van der Waals surface area (Å²) in [6.07, 6.45) is 3.18. The SMILES string of the molecule is Cc1cc(Nc2nccc(C(=O)Nc3cccc4cccnc34)n2)no1. The summed E-state index contributed by atoms with van der Waals surface area (Å²) in [7, 11) is 0. The average molecular weight is 346 g/mol. The van der Waals surface area contributed by atoms with Crippen LogP contribution in [0.3, 0.4) is 0 Å². The molecular formula is C18H14N6O2. The smallest absolute Gasteiger partial charge is 0.274 e. The number of benzene rings is 1. The van der Waals surface area contributed by atoms with Crippen molar-refractivity contribution in [2.45, 2.75) is 6.92 Å². The molecule has 26 heavy (non-hydrogen) atoms. The van der Waals surface area contributed by atoms with Crippen LogP contribution in [-0.2, 0) is 0 Å². The molecular weight excluding hydrogens is 332 g/mol. The number of para-hydroxylation sites is 1. The first-order valence-corrected chi connectivity index (χ1v) is 7.87. The molecule has 0 atom stereocenters. The van der Waals surface area contributed by atoms with Crippen LogP contribution in [0.1, 0.15) is 16.2 Å². The number of hydrogen-bond donors (Lipinski definition) is 2. The second-order valence-corrected chi connectivity index (χ2v) is 5.55. The minimum atomic E-state index is -0.357. The monoisotopic (exact) mass is 346 g/mol. The van der Waals surface area contributed by atoms with Crippen LogP contribution in [-0.4, -0.2) is 26.0 Å². The Morgan fingerprint density at radius 1 is 1.08 bits per heavy atom. The van der Waals surface area contributed by atoms with E-state index < -0.39 is 0 Å². The summed E-state index contributed by atoms with van der Waals surface area (Å²) in [5.41, 5.74) is 1.55. The summed E-state index contributed by atoms with van der Waals surface area (Å²) in [6.45, 7) is 1.78. The van der Waals surface area contributed by atoms with E-state index in [1.807, 2.05) is 24.3 Å². The van der Waals surface area contributed by atoms with Crippen molar-refractivity contribution in [3.63, 3.8) is 0 Å². The standard InChI is InChI=1S/C18H14N6O2/c1-11-10-15(24-26-11)23-18-20-9-7-14(22-18)17(25)21-13-6-2-4-12-5-3-8-19-16(12)13/h2-10H,1H3,(H,21,25)(H,20,22,23,24). The van der Waals surface area contributed by atoms with Crippen LogP contribution in [0, 0.1) is 6.92 Å². The molecule has 0 aliphatic carbocycles. The molecule has 1 aromatic carbocycles. The van der Waals surface area contributed by atoms with Crippen LogP contribution in [0.15, 0.2) is 59.4 Å². The van der Waals surface area contributed by atoms with Crippen molar-refractivity contribution < 1.29 is 9.32 Å². The molecule has 0 bridgehead atoms. The van der Waals surface area contributed by atoms with Gasteiger partial charge in [-0.1, -0.05) is 23.4 Å². The topological polar surface area (TPSA) is 106 Å². The number of amides is 1. The molecule has 3 heterocycles. The third-order valence-corrected chi connectivity index (χ3v) is 3.64. The molecule has 2 N–H and O–H groups in total. The van der Waals surface area contributed by atoms with E-state index in [2.05, 4.69) is 30.7 Å². The van der Waals surface area contributed by atoms with Gasteiger partial charge in [-0.25, -0.2) is 9.97 Å². The van der Waals surface area contributed by atoms with Gasteiger partial charge < -0.3 is 15.2 Å². The number of nitrogens with one attached hydrogen (secondary N) is 2. The highest BCUT2D eigenvalue weighted by Crippen LogP contribution is 2.21. The summed E-state index contributed by atoms with van der Waals surface area (Å²) < 4.78 is 4.98. The molecule has 0 saturated carbocycles. The van der Waals surface area contributed by atoms with E-state index >= 15 is 0 Å². The van der Waals surface area contributed by atoms with E-state index in [1.165, 1.54) is 12.3 Å². The van der Waals surface area contributed by atoms with E-state index in [-0.39, 0.29) is 17.5 Å². The molecule has 4 aromatic rings. The fourth-order valence-electron chi connectivity index (χ4n) is 2.48. The van der Waals surface area contributed by atoms with Crippen LogP contribution in [0.2, 0.25) is 0 Å². The lowest BCUT2D eigenvalue weighted by Gasteiger charge is -2.08. The third kappa shape index (κ3) is 3.20. The van der Waals surface area contributed by atoms with Gasteiger partial charge in [0.25, 0.3) is 5.91 Å². The number of pyridine rings is 1. The quantitative estimate of drug-likeness (QED) is 0.584. The molecule has 8 nitrogen and oxygen atoms in total. The van der Waals surface area contributed by atoms with E-state index in [0.717, 1.165) is 5.39 Å². The van der Waals surface area contributed by atoms with Gasteiger partial charge in [-0.3, -0.25) is 9.78 Å². The summed E-state index contributed by atoms with van der Waals surface area (Å²) >= 11 is 0. The summed E-state index contributed by atoms with van der Waals surface area (Å²) in [5.74, 6) is 1.02. The first-order valence-electron chi connectivity index (χ1n) is 7.87. The molecule has 1 amide bonds. The number of anilines is 3. The van der Waals surface area contributed by atoms with Crippen LogP contribution < -0.4 is 10.6 Å². The Morgan fingerprint density at radius 3 is 2.81 bits per heavy atom. The Labute approximate surface area is 148 Å². The van der Waals surface area contributed by atoms with Gasteiger partial charge in [0.15, 0.2) is 5.82 Å². The lowest BCUT2D eigenvalue weighted by Crippen LogP contribution is -2.15.